The number of rotatable bonds is 6. The maximum atomic E-state index is 5.60. The molecule has 0 amide bonds. The molecule has 2 saturated heterocycles. The highest BCUT2D eigenvalue weighted by molar-refractivity contribution is 4.87. The van der Waals surface area contributed by atoms with Gasteiger partial charge in [0.2, 0.25) is 0 Å². The Morgan fingerprint density at radius 2 is 1.80 bits per heavy atom. The molecule has 0 saturated carbocycles. The van der Waals surface area contributed by atoms with E-state index in [0.717, 1.165) is 52.0 Å². The van der Waals surface area contributed by atoms with Crippen LogP contribution in [0.5, 0.6) is 0 Å². The van der Waals surface area contributed by atoms with Gasteiger partial charge in [-0.15, -0.1) is 0 Å². The van der Waals surface area contributed by atoms with E-state index in [1.807, 2.05) is 0 Å². The second kappa shape index (κ2) is 8.32. The van der Waals surface area contributed by atoms with E-state index in [1.165, 1.54) is 32.4 Å². The van der Waals surface area contributed by atoms with E-state index < -0.39 is 0 Å². The first-order valence-electron chi connectivity index (χ1n) is 8.29. The van der Waals surface area contributed by atoms with Gasteiger partial charge >= 0.3 is 0 Å². The third kappa shape index (κ3) is 5.32. The Morgan fingerprint density at radius 3 is 2.55 bits per heavy atom. The second-order valence-corrected chi connectivity index (χ2v) is 6.88. The minimum Gasteiger partial charge on any atom is -0.381 e. The molecule has 4 nitrogen and oxygen atoms in total. The van der Waals surface area contributed by atoms with E-state index >= 15 is 0 Å². The molecular formula is C16H32N2O2. The van der Waals surface area contributed by atoms with Crippen LogP contribution in [0.2, 0.25) is 0 Å². The molecule has 0 spiro atoms. The highest BCUT2D eigenvalue weighted by atomic mass is 16.5. The lowest BCUT2D eigenvalue weighted by molar-refractivity contribution is -0.00482. The third-order valence-electron chi connectivity index (χ3n) is 4.48. The predicted octanol–water partition coefficient (Wildman–Crippen LogP) is 1.75. The monoisotopic (exact) mass is 284 g/mol. The summed E-state index contributed by atoms with van der Waals surface area (Å²) in [6, 6.07) is 0. The molecule has 0 radical (unpaired) electrons. The Balaban J connectivity index is 1.87. The van der Waals surface area contributed by atoms with Gasteiger partial charge in [0, 0.05) is 46.0 Å². The summed E-state index contributed by atoms with van der Waals surface area (Å²) >= 11 is 0. The first-order valence-corrected chi connectivity index (χ1v) is 8.29. The molecule has 2 aliphatic rings. The Morgan fingerprint density at radius 1 is 1.05 bits per heavy atom. The normalized spacial score (nSPS) is 24.8. The summed E-state index contributed by atoms with van der Waals surface area (Å²) in [7, 11) is 0. The predicted molar refractivity (Wildman–Crippen MR) is 82.1 cm³/mol. The van der Waals surface area contributed by atoms with Crippen molar-refractivity contribution in [1.82, 2.24) is 10.2 Å². The van der Waals surface area contributed by atoms with Gasteiger partial charge in [0.15, 0.2) is 0 Å². The molecule has 2 fully saturated rings. The van der Waals surface area contributed by atoms with Crippen LogP contribution in [0.1, 0.15) is 33.1 Å². The van der Waals surface area contributed by atoms with Gasteiger partial charge in [-0.25, -0.2) is 0 Å². The fraction of sp³-hybridized carbons (Fsp3) is 1.00. The van der Waals surface area contributed by atoms with E-state index in [9.17, 15) is 0 Å². The van der Waals surface area contributed by atoms with Crippen molar-refractivity contribution >= 4 is 0 Å². The number of hydrogen-bond donors (Lipinski definition) is 1. The highest BCUT2D eigenvalue weighted by Crippen LogP contribution is 2.31. The van der Waals surface area contributed by atoms with Gasteiger partial charge in [-0.2, -0.15) is 0 Å². The van der Waals surface area contributed by atoms with Crippen LogP contribution in [-0.2, 0) is 9.47 Å². The van der Waals surface area contributed by atoms with Crippen molar-refractivity contribution in [2.45, 2.75) is 33.1 Å². The van der Waals surface area contributed by atoms with Gasteiger partial charge in [-0.1, -0.05) is 13.8 Å². The van der Waals surface area contributed by atoms with E-state index in [4.69, 9.17) is 9.47 Å². The molecule has 2 aliphatic heterocycles. The maximum Gasteiger partial charge on any atom is 0.0593 e. The molecule has 1 N–H and O–H groups in total. The van der Waals surface area contributed by atoms with Gasteiger partial charge < -0.3 is 19.7 Å². The van der Waals surface area contributed by atoms with Crippen molar-refractivity contribution in [1.29, 1.82) is 0 Å². The molecular weight excluding hydrogens is 252 g/mol. The lowest BCUT2D eigenvalue weighted by atomic mass is 9.79. The van der Waals surface area contributed by atoms with Crippen LogP contribution in [0.4, 0.5) is 0 Å². The molecule has 0 unspecified atom stereocenters. The highest BCUT2D eigenvalue weighted by Gasteiger charge is 2.34. The quantitative estimate of drug-likeness (QED) is 0.806. The first-order chi connectivity index (χ1) is 9.70. The Labute approximate surface area is 124 Å². The smallest absolute Gasteiger partial charge is 0.0593 e. The average molecular weight is 284 g/mol. The van der Waals surface area contributed by atoms with E-state index in [2.05, 4.69) is 24.1 Å². The molecule has 0 aromatic carbocycles. The van der Waals surface area contributed by atoms with E-state index in [-0.39, 0.29) is 0 Å². The van der Waals surface area contributed by atoms with Crippen LogP contribution in [0, 0.1) is 11.3 Å². The molecule has 118 valence electrons. The zero-order valence-corrected chi connectivity index (χ0v) is 13.3. The summed E-state index contributed by atoms with van der Waals surface area (Å²) in [5.74, 6) is 0.721. The van der Waals surface area contributed by atoms with Crippen molar-refractivity contribution in [2.75, 3.05) is 59.2 Å². The van der Waals surface area contributed by atoms with Gasteiger partial charge in [0.1, 0.15) is 0 Å². The molecule has 0 bridgehead atoms. The van der Waals surface area contributed by atoms with Crippen LogP contribution in [-0.4, -0.2) is 64.1 Å². The fourth-order valence-corrected chi connectivity index (χ4v) is 3.25. The standard InChI is InChI=1S/C16H32N2O2/c1-15(2)12-17-13-16(4-9-20-10-5-16)14-18-6-3-8-19-11-7-18/h15,17H,3-14H2,1-2H3. The summed E-state index contributed by atoms with van der Waals surface area (Å²) < 4.78 is 11.2. The van der Waals surface area contributed by atoms with E-state index in [1.54, 1.807) is 0 Å². The number of nitrogens with one attached hydrogen (secondary N) is 1. The Kier molecular flexibility index (Phi) is 6.75. The van der Waals surface area contributed by atoms with Crippen molar-refractivity contribution in [3.05, 3.63) is 0 Å². The zero-order chi connectivity index (χ0) is 14.3. The molecule has 0 atom stereocenters. The number of hydrogen-bond acceptors (Lipinski definition) is 4. The van der Waals surface area contributed by atoms with Crippen molar-refractivity contribution < 1.29 is 9.47 Å². The maximum absolute atomic E-state index is 5.60. The van der Waals surface area contributed by atoms with Crippen LogP contribution >= 0.6 is 0 Å². The number of nitrogens with zero attached hydrogens (tertiary/aromatic N) is 1. The minimum absolute atomic E-state index is 0.400. The summed E-state index contributed by atoms with van der Waals surface area (Å²) in [5.41, 5.74) is 0.400. The molecule has 0 aromatic heterocycles. The van der Waals surface area contributed by atoms with Gasteiger partial charge in [0.25, 0.3) is 0 Å². The summed E-state index contributed by atoms with van der Waals surface area (Å²) in [5, 5.41) is 3.69. The first kappa shape index (κ1) is 16.2. The van der Waals surface area contributed by atoms with Crippen LogP contribution in [0.15, 0.2) is 0 Å². The van der Waals surface area contributed by atoms with Crippen molar-refractivity contribution in [3.8, 4) is 0 Å². The molecule has 0 aliphatic carbocycles. The van der Waals surface area contributed by atoms with Crippen molar-refractivity contribution in [2.24, 2.45) is 11.3 Å². The number of ether oxygens (including phenoxy) is 2. The third-order valence-corrected chi connectivity index (χ3v) is 4.48. The van der Waals surface area contributed by atoms with Crippen LogP contribution in [0.3, 0.4) is 0 Å². The van der Waals surface area contributed by atoms with Crippen LogP contribution in [0.25, 0.3) is 0 Å². The summed E-state index contributed by atoms with van der Waals surface area (Å²) in [4.78, 5) is 2.61. The second-order valence-electron chi connectivity index (χ2n) is 6.88. The topological polar surface area (TPSA) is 33.7 Å². The van der Waals surface area contributed by atoms with Gasteiger partial charge in [-0.05, 0) is 37.1 Å². The Bertz CT molecular complexity index is 257. The summed E-state index contributed by atoms with van der Waals surface area (Å²) in [6.07, 6.45) is 3.55. The van der Waals surface area contributed by atoms with Crippen molar-refractivity contribution in [3.63, 3.8) is 0 Å². The molecule has 2 heterocycles. The zero-order valence-electron chi connectivity index (χ0n) is 13.3. The largest absolute Gasteiger partial charge is 0.381 e. The van der Waals surface area contributed by atoms with Gasteiger partial charge in [-0.3, -0.25) is 0 Å². The summed E-state index contributed by atoms with van der Waals surface area (Å²) in [6.45, 7) is 13.9. The Hall–Kier alpha value is -0.160. The molecule has 2 rings (SSSR count). The SMILES string of the molecule is CC(C)CNCC1(CN2CCCOCC2)CCOCC1. The molecule has 20 heavy (non-hydrogen) atoms. The fourth-order valence-electron chi connectivity index (χ4n) is 3.25. The minimum atomic E-state index is 0.400. The lowest BCUT2D eigenvalue weighted by Gasteiger charge is -2.41. The average Bonchev–Trinajstić information content (AvgIpc) is 2.68. The lowest BCUT2D eigenvalue weighted by Crippen LogP contribution is -2.48. The van der Waals surface area contributed by atoms with Crippen LogP contribution < -0.4 is 5.32 Å². The molecule has 4 heteroatoms. The molecule has 0 aromatic rings. The van der Waals surface area contributed by atoms with E-state index in [0.29, 0.717) is 5.41 Å². The van der Waals surface area contributed by atoms with Gasteiger partial charge in [0.05, 0.1) is 6.61 Å².